The maximum Gasteiger partial charge on any atom is 0.142 e. The van der Waals surface area contributed by atoms with Crippen LogP contribution in [0.15, 0.2) is 24.3 Å². The Balaban J connectivity index is 2.85. The molecule has 0 aliphatic rings. The molecule has 0 radical (unpaired) electrons. The molecule has 0 spiro atoms. The van der Waals surface area contributed by atoms with Crippen LogP contribution in [-0.4, -0.2) is 6.04 Å². The van der Waals surface area contributed by atoms with Crippen molar-refractivity contribution in [2.45, 2.75) is 13.0 Å². The molecule has 1 nitrogen and oxygen atoms in total. The number of rotatable bonds is 2. The van der Waals surface area contributed by atoms with Gasteiger partial charge in [-0.25, -0.2) is 4.39 Å². The SMILES string of the molecule is CC(N)/C=C/c1ccc(Cl)c(F)c1. The van der Waals surface area contributed by atoms with Gasteiger partial charge in [0, 0.05) is 6.04 Å². The van der Waals surface area contributed by atoms with Crippen LogP contribution in [0.2, 0.25) is 5.02 Å². The Kier molecular flexibility index (Phi) is 3.46. The summed E-state index contributed by atoms with van der Waals surface area (Å²) in [5.74, 6) is -0.409. The molecule has 0 heterocycles. The molecule has 0 aliphatic carbocycles. The highest BCUT2D eigenvalue weighted by molar-refractivity contribution is 6.30. The highest BCUT2D eigenvalue weighted by Crippen LogP contribution is 2.16. The van der Waals surface area contributed by atoms with E-state index in [1.807, 2.05) is 6.92 Å². The fourth-order valence-corrected chi connectivity index (χ4v) is 0.996. The van der Waals surface area contributed by atoms with E-state index in [2.05, 4.69) is 0 Å². The molecule has 1 aromatic carbocycles. The Morgan fingerprint density at radius 1 is 1.54 bits per heavy atom. The minimum Gasteiger partial charge on any atom is -0.325 e. The van der Waals surface area contributed by atoms with E-state index in [0.29, 0.717) is 0 Å². The summed E-state index contributed by atoms with van der Waals surface area (Å²) in [4.78, 5) is 0. The first kappa shape index (κ1) is 10.2. The first-order valence-corrected chi connectivity index (χ1v) is 4.36. The summed E-state index contributed by atoms with van der Waals surface area (Å²) in [5.41, 5.74) is 6.26. The van der Waals surface area contributed by atoms with Crippen LogP contribution in [0.3, 0.4) is 0 Å². The summed E-state index contributed by atoms with van der Waals surface area (Å²) in [5, 5.41) is 0.137. The predicted molar refractivity (Wildman–Crippen MR) is 54.1 cm³/mol. The first-order valence-electron chi connectivity index (χ1n) is 3.98. The lowest BCUT2D eigenvalue weighted by molar-refractivity contribution is 0.628. The summed E-state index contributed by atoms with van der Waals surface area (Å²) in [6.45, 7) is 1.85. The Bertz CT molecular complexity index is 321. The van der Waals surface area contributed by atoms with Crippen LogP contribution in [0, 0.1) is 5.82 Å². The molecular formula is C10H11ClFN. The zero-order chi connectivity index (χ0) is 9.84. The Morgan fingerprint density at radius 3 is 2.77 bits per heavy atom. The third-order valence-corrected chi connectivity index (χ3v) is 1.84. The zero-order valence-corrected chi connectivity index (χ0v) is 8.05. The molecule has 1 rings (SSSR count). The second-order valence-electron chi connectivity index (χ2n) is 2.89. The van der Waals surface area contributed by atoms with E-state index >= 15 is 0 Å². The molecule has 1 aromatic rings. The van der Waals surface area contributed by atoms with E-state index in [-0.39, 0.29) is 11.1 Å². The van der Waals surface area contributed by atoms with Crippen molar-refractivity contribution in [2.24, 2.45) is 5.73 Å². The quantitative estimate of drug-likeness (QED) is 0.779. The zero-order valence-electron chi connectivity index (χ0n) is 7.30. The van der Waals surface area contributed by atoms with E-state index in [9.17, 15) is 4.39 Å². The summed E-state index contributed by atoms with van der Waals surface area (Å²) < 4.78 is 12.9. The molecule has 0 amide bonds. The lowest BCUT2D eigenvalue weighted by Gasteiger charge is -1.97. The minimum absolute atomic E-state index is 0.0289. The van der Waals surface area contributed by atoms with Crippen LogP contribution >= 0.6 is 11.6 Å². The maximum absolute atomic E-state index is 12.9. The fourth-order valence-electron chi connectivity index (χ4n) is 0.879. The average Bonchev–Trinajstić information content (AvgIpc) is 2.07. The second kappa shape index (κ2) is 4.40. The van der Waals surface area contributed by atoms with E-state index < -0.39 is 5.82 Å². The van der Waals surface area contributed by atoms with Gasteiger partial charge in [-0.05, 0) is 24.6 Å². The number of halogens is 2. The van der Waals surface area contributed by atoms with Gasteiger partial charge in [0.25, 0.3) is 0 Å². The molecule has 1 atom stereocenters. The van der Waals surface area contributed by atoms with Crippen LogP contribution in [0.5, 0.6) is 0 Å². The van der Waals surface area contributed by atoms with Crippen molar-refractivity contribution in [3.05, 3.63) is 40.7 Å². The van der Waals surface area contributed by atoms with E-state index in [1.54, 1.807) is 18.2 Å². The van der Waals surface area contributed by atoms with Gasteiger partial charge in [0.1, 0.15) is 5.82 Å². The van der Waals surface area contributed by atoms with Gasteiger partial charge in [-0.3, -0.25) is 0 Å². The van der Waals surface area contributed by atoms with Gasteiger partial charge in [-0.1, -0.05) is 29.8 Å². The van der Waals surface area contributed by atoms with Gasteiger partial charge in [-0.15, -0.1) is 0 Å². The molecule has 3 heteroatoms. The summed E-state index contributed by atoms with van der Waals surface area (Å²) in [6.07, 6.45) is 3.56. The van der Waals surface area contributed by atoms with Gasteiger partial charge in [0.2, 0.25) is 0 Å². The van der Waals surface area contributed by atoms with Crippen molar-refractivity contribution in [1.82, 2.24) is 0 Å². The summed E-state index contributed by atoms with van der Waals surface area (Å²) in [6, 6.07) is 4.61. The van der Waals surface area contributed by atoms with Gasteiger partial charge in [0.05, 0.1) is 5.02 Å². The van der Waals surface area contributed by atoms with Crippen molar-refractivity contribution in [2.75, 3.05) is 0 Å². The van der Waals surface area contributed by atoms with E-state index in [0.717, 1.165) is 5.56 Å². The highest BCUT2D eigenvalue weighted by atomic mass is 35.5. The van der Waals surface area contributed by atoms with Gasteiger partial charge in [-0.2, -0.15) is 0 Å². The van der Waals surface area contributed by atoms with Crippen molar-refractivity contribution >= 4 is 17.7 Å². The van der Waals surface area contributed by atoms with Gasteiger partial charge >= 0.3 is 0 Å². The molecule has 0 aliphatic heterocycles. The second-order valence-corrected chi connectivity index (χ2v) is 3.30. The van der Waals surface area contributed by atoms with E-state index in [1.165, 1.54) is 12.1 Å². The van der Waals surface area contributed by atoms with Crippen molar-refractivity contribution < 1.29 is 4.39 Å². The molecule has 2 N–H and O–H groups in total. The largest absolute Gasteiger partial charge is 0.325 e. The van der Waals surface area contributed by atoms with Crippen LogP contribution < -0.4 is 5.73 Å². The Labute approximate surface area is 82.0 Å². The Morgan fingerprint density at radius 2 is 2.23 bits per heavy atom. The van der Waals surface area contributed by atoms with Crippen molar-refractivity contribution in [1.29, 1.82) is 0 Å². The summed E-state index contributed by atoms with van der Waals surface area (Å²) in [7, 11) is 0. The maximum atomic E-state index is 12.9. The molecule has 70 valence electrons. The van der Waals surface area contributed by atoms with Gasteiger partial charge < -0.3 is 5.73 Å². The third-order valence-electron chi connectivity index (χ3n) is 1.54. The molecule has 0 bridgehead atoms. The topological polar surface area (TPSA) is 26.0 Å². The molecule has 0 fully saturated rings. The molecule has 13 heavy (non-hydrogen) atoms. The number of hydrogen-bond acceptors (Lipinski definition) is 1. The molecule has 0 saturated carbocycles. The monoisotopic (exact) mass is 199 g/mol. The average molecular weight is 200 g/mol. The van der Waals surface area contributed by atoms with Gasteiger partial charge in [0.15, 0.2) is 0 Å². The lowest BCUT2D eigenvalue weighted by Crippen LogP contribution is -2.09. The molecule has 1 unspecified atom stereocenters. The van der Waals surface area contributed by atoms with Crippen LogP contribution in [0.4, 0.5) is 4.39 Å². The molecule has 0 saturated heterocycles. The Hall–Kier alpha value is -0.860. The number of benzene rings is 1. The minimum atomic E-state index is -0.409. The first-order chi connectivity index (χ1) is 6.09. The molecular weight excluding hydrogens is 189 g/mol. The molecule has 0 aromatic heterocycles. The predicted octanol–water partition coefficient (Wildman–Crippen LogP) is 2.84. The van der Waals surface area contributed by atoms with E-state index in [4.69, 9.17) is 17.3 Å². The summed E-state index contributed by atoms with van der Waals surface area (Å²) >= 11 is 5.52. The standard InChI is InChI=1S/C10H11ClFN/c1-7(13)2-3-8-4-5-9(11)10(12)6-8/h2-7H,13H2,1H3/b3-2+. The number of hydrogen-bond donors (Lipinski definition) is 1. The van der Waals surface area contributed by atoms with Crippen LogP contribution in [-0.2, 0) is 0 Å². The van der Waals surface area contributed by atoms with Crippen LogP contribution in [0.1, 0.15) is 12.5 Å². The lowest BCUT2D eigenvalue weighted by atomic mass is 10.2. The highest BCUT2D eigenvalue weighted by Gasteiger charge is 1.98. The van der Waals surface area contributed by atoms with Crippen LogP contribution in [0.25, 0.3) is 6.08 Å². The third kappa shape index (κ3) is 3.17. The number of nitrogens with two attached hydrogens (primary N) is 1. The van der Waals surface area contributed by atoms with Crippen molar-refractivity contribution in [3.8, 4) is 0 Å². The normalized spacial score (nSPS) is 13.5. The smallest absolute Gasteiger partial charge is 0.142 e. The van der Waals surface area contributed by atoms with Crippen molar-refractivity contribution in [3.63, 3.8) is 0 Å². The fraction of sp³-hybridized carbons (Fsp3) is 0.200.